The Morgan fingerprint density at radius 1 is 1.00 bits per heavy atom. The molecule has 0 saturated heterocycles. The Labute approximate surface area is 152 Å². The predicted octanol–water partition coefficient (Wildman–Crippen LogP) is 5.65. The number of rotatable bonds is 8. The number of thiophene rings is 1. The number of unbranched alkanes of at least 4 members (excludes halogenated alkanes) is 3. The van der Waals surface area contributed by atoms with Gasteiger partial charge in [0.15, 0.2) is 0 Å². The SMILES string of the molecule is Cc1cc(CCCCCCOc2ccc3ccc(=O)oc3c2)c(C)s1. The fourth-order valence-electron chi connectivity index (χ4n) is 3.02. The average Bonchev–Trinajstić information content (AvgIpc) is 2.91. The molecule has 0 amide bonds. The summed E-state index contributed by atoms with van der Waals surface area (Å²) < 4.78 is 11.0. The molecule has 3 rings (SSSR count). The highest BCUT2D eigenvalue weighted by molar-refractivity contribution is 7.12. The van der Waals surface area contributed by atoms with Crippen LogP contribution in [0.3, 0.4) is 0 Å². The van der Waals surface area contributed by atoms with Gasteiger partial charge in [-0.25, -0.2) is 4.79 Å². The molecule has 2 heterocycles. The Balaban J connectivity index is 1.37. The van der Waals surface area contributed by atoms with Crippen molar-refractivity contribution in [1.29, 1.82) is 0 Å². The van der Waals surface area contributed by atoms with Gasteiger partial charge in [0.05, 0.1) is 6.61 Å². The van der Waals surface area contributed by atoms with Crippen LogP contribution in [0.15, 0.2) is 45.6 Å². The van der Waals surface area contributed by atoms with Gasteiger partial charge in [0.25, 0.3) is 0 Å². The number of ether oxygens (including phenoxy) is 1. The van der Waals surface area contributed by atoms with E-state index in [1.165, 1.54) is 47.1 Å². The highest BCUT2D eigenvalue weighted by Gasteiger charge is 2.03. The van der Waals surface area contributed by atoms with Gasteiger partial charge in [-0.2, -0.15) is 0 Å². The van der Waals surface area contributed by atoms with Gasteiger partial charge < -0.3 is 9.15 Å². The van der Waals surface area contributed by atoms with Crippen molar-refractivity contribution in [3.8, 4) is 5.75 Å². The van der Waals surface area contributed by atoms with Crippen LogP contribution < -0.4 is 10.4 Å². The fourth-order valence-corrected chi connectivity index (χ4v) is 4.00. The van der Waals surface area contributed by atoms with E-state index in [-0.39, 0.29) is 5.63 Å². The van der Waals surface area contributed by atoms with E-state index in [1.54, 1.807) is 12.1 Å². The molecule has 0 aliphatic carbocycles. The number of hydrogen-bond acceptors (Lipinski definition) is 4. The maximum atomic E-state index is 11.3. The van der Waals surface area contributed by atoms with E-state index in [2.05, 4.69) is 19.9 Å². The molecule has 1 aromatic carbocycles. The lowest BCUT2D eigenvalue weighted by molar-refractivity contribution is 0.304. The van der Waals surface area contributed by atoms with Gasteiger partial charge in [-0.1, -0.05) is 12.8 Å². The molecule has 2 aromatic heterocycles. The van der Waals surface area contributed by atoms with Gasteiger partial charge in [-0.05, 0) is 62.9 Å². The Hall–Kier alpha value is -2.07. The normalized spacial score (nSPS) is 11.1. The van der Waals surface area contributed by atoms with Crippen LogP contribution in [0.25, 0.3) is 11.0 Å². The number of fused-ring (bicyclic) bond motifs is 1. The van der Waals surface area contributed by atoms with Crippen LogP contribution in [0.4, 0.5) is 0 Å². The van der Waals surface area contributed by atoms with Crippen molar-refractivity contribution in [3.63, 3.8) is 0 Å². The quantitative estimate of drug-likeness (QED) is 0.386. The van der Waals surface area contributed by atoms with E-state index >= 15 is 0 Å². The minimum atomic E-state index is -0.333. The summed E-state index contributed by atoms with van der Waals surface area (Å²) in [5, 5.41) is 0.908. The standard InChI is InChI=1S/C21H24O3S/c1-15-13-18(16(2)25-15)7-5-3-4-6-12-23-19-10-8-17-9-11-21(22)24-20(17)14-19/h8-11,13-14H,3-7,12H2,1-2H3. The Kier molecular flexibility index (Phi) is 5.92. The van der Waals surface area contributed by atoms with Crippen LogP contribution >= 0.6 is 11.3 Å². The molecule has 4 heteroatoms. The molecular weight excluding hydrogens is 332 g/mol. The molecule has 0 spiro atoms. The molecule has 0 N–H and O–H groups in total. The third-order valence-corrected chi connectivity index (χ3v) is 5.36. The molecule has 0 radical (unpaired) electrons. The highest BCUT2D eigenvalue weighted by Crippen LogP contribution is 2.23. The van der Waals surface area contributed by atoms with Crippen molar-refractivity contribution < 1.29 is 9.15 Å². The highest BCUT2D eigenvalue weighted by atomic mass is 32.1. The molecule has 3 aromatic rings. The van der Waals surface area contributed by atoms with E-state index in [0.29, 0.717) is 12.2 Å². The molecule has 0 bridgehead atoms. The Bertz CT molecular complexity index is 892. The zero-order chi connectivity index (χ0) is 17.6. The molecule has 3 nitrogen and oxygen atoms in total. The van der Waals surface area contributed by atoms with Crippen molar-refractivity contribution in [1.82, 2.24) is 0 Å². The summed E-state index contributed by atoms with van der Waals surface area (Å²) in [5.74, 6) is 0.756. The van der Waals surface area contributed by atoms with E-state index < -0.39 is 0 Å². The maximum absolute atomic E-state index is 11.3. The summed E-state index contributed by atoms with van der Waals surface area (Å²) in [6.45, 7) is 5.09. The summed E-state index contributed by atoms with van der Waals surface area (Å²) in [7, 11) is 0. The van der Waals surface area contributed by atoms with Gasteiger partial charge in [0.1, 0.15) is 11.3 Å². The molecule has 132 valence electrons. The van der Waals surface area contributed by atoms with Crippen molar-refractivity contribution >= 4 is 22.3 Å². The summed E-state index contributed by atoms with van der Waals surface area (Å²) in [4.78, 5) is 14.1. The first-order chi connectivity index (χ1) is 12.1. The van der Waals surface area contributed by atoms with Crippen LogP contribution in [0.1, 0.15) is 41.0 Å². The molecule has 25 heavy (non-hydrogen) atoms. The van der Waals surface area contributed by atoms with Gasteiger partial charge in [-0.15, -0.1) is 11.3 Å². The second kappa shape index (κ2) is 8.34. The van der Waals surface area contributed by atoms with Gasteiger partial charge in [-0.3, -0.25) is 0 Å². The van der Waals surface area contributed by atoms with E-state index in [1.807, 2.05) is 23.5 Å². The zero-order valence-corrected chi connectivity index (χ0v) is 15.7. The van der Waals surface area contributed by atoms with Crippen LogP contribution in [0.2, 0.25) is 0 Å². The van der Waals surface area contributed by atoms with Crippen molar-refractivity contribution in [2.75, 3.05) is 6.61 Å². The lowest BCUT2D eigenvalue weighted by Gasteiger charge is -2.07. The second-order valence-electron chi connectivity index (χ2n) is 6.41. The monoisotopic (exact) mass is 356 g/mol. The summed E-state index contributed by atoms with van der Waals surface area (Å²) in [6.07, 6.45) is 5.85. The van der Waals surface area contributed by atoms with Crippen LogP contribution in [0.5, 0.6) is 5.75 Å². The molecule has 0 saturated carbocycles. The number of hydrogen-bond donors (Lipinski definition) is 0. The topological polar surface area (TPSA) is 39.4 Å². The van der Waals surface area contributed by atoms with Crippen LogP contribution in [-0.4, -0.2) is 6.61 Å². The smallest absolute Gasteiger partial charge is 0.336 e. The number of aryl methyl sites for hydroxylation is 3. The van der Waals surface area contributed by atoms with Gasteiger partial charge >= 0.3 is 5.63 Å². The van der Waals surface area contributed by atoms with Crippen molar-refractivity contribution in [2.45, 2.75) is 46.0 Å². The second-order valence-corrected chi connectivity index (χ2v) is 7.87. The first kappa shape index (κ1) is 17.7. The summed E-state index contributed by atoms with van der Waals surface area (Å²) in [6, 6.07) is 11.1. The molecule has 0 atom stereocenters. The molecular formula is C21H24O3S. The Morgan fingerprint density at radius 3 is 2.60 bits per heavy atom. The maximum Gasteiger partial charge on any atom is 0.336 e. The van der Waals surface area contributed by atoms with Crippen molar-refractivity contribution in [2.24, 2.45) is 0 Å². The van der Waals surface area contributed by atoms with E-state index in [9.17, 15) is 4.79 Å². The third-order valence-electron chi connectivity index (χ3n) is 4.35. The molecule has 0 fully saturated rings. The van der Waals surface area contributed by atoms with E-state index in [4.69, 9.17) is 9.15 Å². The third kappa shape index (κ3) is 4.95. The lowest BCUT2D eigenvalue weighted by atomic mass is 10.1. The lowest BCUT2D eigenvalue weighted by Crippen LogP contribution is -1.98. The first-order valence-corrected chi connectivity index (χ1v) is 9.66. The van der Waals surface area contributed by atoms with Gasteiger partial charge in [0.2, 0.25) is 0 Å². The van der Waals surface area contributed by atoms with Crippen molar-refractivity contribution in [3.05, 3.63) is 62.1 Å². The average molecular weight is 356 g/mol. The van der Waals surface area contributed by atoms with Gasteiger partial charge in [0, 0.05) is 27.3 Å². The fraction of sp³-hybridized carbons (Fsp3) is 0.381. The van der Waals surface area contributed by atoms with Crippen LogP contribution in [-0.2, 0) is 6.42 Å². The first-order valence-electron chi connectivity index (χ1n) is 8.84. The molecule has 0 aliphatic rings. The Morgan fingerprint density at radius 2 is 1.80 bits per heavy atom. The minimum Gasteiger partial charge on any atom is -0.493 e. The molecule has 0 aliphatic heterocycles. The van der Waals surface area contributed by atoms with E-state index in [0.717, 1.165) is 17.6 Å². The summed E-state index contributed by atoms with van der Waals surface area (Å²) >= 11 is 1.89. The summed E-state index contributed by atoms with van der Waals surface area (Å²) in [5.41, 5.74) is 1.75. The minimum absolute atomic E-state index is 0.333. The van der Waals surface area contributed by atoms with Crippen LogP contribution in [0, 0.1) is 13.8 Å². The zero-order valence-electron chi connectivity index (χ0n) is 14.8. The number of benzene rings is 1. The predicted molar refractivity (Wildman–Crippen MR) is 104 cm³/mol. The largest absolute Gasteiger partial charge is 0.493 e. The molecule has 0 unspecified atom stereocenters.